The molecule has 0 bridgehead atoms. The minimum absolute atomic E-state index is 0.173. The van der Waals surface area contributed by atoms with Crippen molar-refractivity contribution in [3.63, 3.8) is 0 Å². The van der Waals surface area contributed by atoms with Crippen molar-refractivity contribution in [2.24, 2.45) is 5.92 Å². The van der Waals surface area contributed by atoms with Crippen LogP contribution in [0, 0.1) is 5.92 Å². The van der Waals surface area contributed by atoms with Gasteiger partial charge in [0.25, 0.3) is 0 Å². The van der Waals surface area contributed by atoms with Crippen LogP contribution >= 0.6 is 0 Å². The Bertz CT molecular complexity index is 228. The van der Waals surface area contributed by atoms with E-state index in [2.05, 4.69) is 6.58 Å². The van der Waals surface area contributed by atoms with Crippen molar-refractivity contribution >= 4 is 5.78 Å². The van der Waals surface area contributed by atoms with Gasteiger partial charge in [0.1, 0.15) is 5.78 Å². The Morgan fingerprint density at radius 2 is 2.54 bits per heavy atom. The summed E-state index contributed by atoms with van der Waals surface area (Å²) in [6.07, 6.45) is 5.51. The van der Waals surface area contributed by atoms with Crippen LogP contribution in [0.1, 0.15) is 19.8 Å². The van der Waals surface area contributed by atoms with Gasteiger partial charge in [-0.1, -0.05) is 17.7 Å². The zero-order valence-corrected chi connectivity index (χ0v) is 8.08. The number of allylic oxidation sites excluding steroid dienone is 1. The van der Waals surface area contributed by atoms with Crippen molar-refractivity contribution in [3.05, 3.63) is 24.3 Å². The molecular formula is C11H16O2. The van der Waals surface area contributed by atoms with Crippen LogP contribution in [-0.2, 0) is 9.53 Å². The first kappa shape index (κ1) is 10.2. The van der Waals surface area contributed by atoms with Gasteiger partial charge in [0.15, 0.2) is 0 Å². The van der Waals surface area contributed by atoms with Crippen molar-refractivity contribution in [1.82, 2.24) is 0 Å². The summed E-state index contributed by atoms with van der Waals surface area (Å²) < 4.78 is 5.25. The van der Waals surface area contributed by atoms with Gasteiger partial charge in [0.05, 0.1) is 13.2 Å². The molecular weight excluding hydrogens is 164 g/mol. The molecule has 2 nitrogen and oxygen atoms in total. The van der Waals surface area contributed by atoms with Gasteiger partial charge in [-0.25, -0.2) is 0 Å². The second-order valence-electron chi connectivity index (χ2n) is 3.43. The largest absolute Gasteiger partial charge is 0.373 e. The van der Waals surface area contributed by atoms with Gasteiger partial charge < -0.3 is 4.74 Å². The quantitative estimate of drug-likeness (QED) is 0.478. The highest BCUT2D eigenvalue weighted by molar-refractivity contribution is 5.88. The molecule has 13 heavy (non-hydrogen) atoms. The van der Waals surface area contributed by atoms with E-state index in [4.69, 9.17) is 4.74 Å². The summed E-state index contributed by atoms with van der Waals surface area (Å²) in [5, 5.41) is 0. The van der Waals surface area contributed by atoms with Crippen molar-refractivity contribution in [1.29, 1.82) is 0 Å². The van der Waals surface area contributed by atoms with E-state index in [0.717, 1.165) is 18.4 Å². The van der Waals surface area contributed by atoms with Gasteiger partial charge in [-0.05, 0) is 13.3 Å². The fourth-order valence-electron chi connectivity index (χ4n) is 1.30. The molecule has 72 valence electrons. The third-order valence-electron chi connectivity index (χ3n) is 2.17. The van der Waals surface area contributed by atoms with Gasteiger partial charge in [0.2, 0.25) is 0 Å². The number of ketones is 1. The lowest BCUT2D eigenvalue weighted by Gasteiger charge is -2.21. The predicted octanol–water partition coefficient (Wildman–Crippen LogP) is 2.11. The number of carbonyl (C=O) groups excluding carboxylic acids is 1. The molecule has 0 heterocycles. The van der Waals surface area contributed by atoms with Gasteiger partial charge in [-0.3, -0.25) is 4.79 Å². The second-order valence-corrected chi connectivity index (χ2v) is 3.43. The molecule has 0 amide bonds. The molecule has 0 N–H and O–H groups in total. The summed E-state index contributed by atoms with van der Waals surface area (Å²) in [5.41, 5.74) is 1.14. The molecule has 0 spiro atoms. The fraction of sp³-hybridized carbons (Fsp3) is 0.545. The maximum Gasteiger partial charge on any atom is 0.139 e. The molecule has 1 atom stereocenters. The number of hydrogen-bond donors (Lipinski definition) is 0. The van der Waals surface area contributed by atoms with E-state index in [9.17, 15) is 4.79 Å². The monoisotopic (exact) mass is 180 g/mol. The van der Waals surface area contributed by atoms with Crippen LogP contribution in [0.5, 0.6) is 0 Å². The lowest BCUT2D eigenvalue weighted by atomic mass is 9.83. The van der Waals surface area contributed by atoms with Crippen LogP contribution in [0.4, 0.5) is 0 Å². The average molecular weight is 180 g/mol. The first-order chi connectivity index (χ1) is 6.24. The van der Waals surface area contributed by atoms with Crippen molar-refractivity contribution in [2.75, 3.05) is 13.2 Å². The topological polar surface area (TPSA) is 26.3 Å². The first-order valence-electron chi connectivity index (χ1n) is 4.62. The molecule has 1 saturated carbocycles. The number of carbonyl (C=O) groups is 1. The smallest absolute Gasteiger partial charge is 0.139 e. The van der Waals surface area contributed by atoms with E-state index in [-0.39, 0.29) is 5.92 Å². The molecule has 0 aromatic rings. The molecule has 0 saturated heterocycles. The molecule has 1 aliphatic carbocycles. The predicted molar refractivity (Wildman–Crippen MR) is 52.5 cm³/mol. The minimum Gasteiger partial charge on any atom is -0.373 e. The van der Waals surface area contributed by atoms with Crippen molar-refractivity contribution < 1.29 is 9.53 Å². The van der Waals surface area contributed by atoms with Crippen LogP contribution in [0.2, 0.25) is 0 Å². The Kier molecular flexibility index (Phi) is 3.90. The van der Waals surface area contributed by atoms with Crippen LogP contribution < -0.4 is 0 Å². The number of hydrogen-bond acceptors (Lipinski definition) is 2. The summed E-state index contributed by atoms with van der Waals surface area (Å²) >= 11 is 0. The van der Waals surface area contributed by atoms with E-state index < -0.39 is 0 Å². The Morgan fingerprint density at radius 3 is 3.00 bits per heavy atom. The summed E-state index contributed by atoms with van der Waals surface area (Å²) in [5.74, 6) is 0.537. The van der Waals surface area contributed by atoms with Gasteiger partial charge >= 0.3 is 0 Å². The lowest BCUT2D eigenvalue weighted by Crippen LogP contribution is -2.23. The van der Waals surface area contributed by atoms with Crippen LogP contribution in [0.3, 0.4) is 0 Å². The van der Waals surface area contributed by atoms with E-state index >= 15 is 0 Å². The van der Waals surface area contributed by atoms with E-state index in [0.29, 0.717) is 19.0 Å². The molecule has 1 rings (SSSR count). The maximum atomic E-state index is 11.0. The summed E-state index contributed by atoms with van der Waals surface area (Å²) in [4.78, 5) is 11.0. The molecule has 2 heteroatoms. The number of Topliss-reactive ketones (excluding diaryl/α,β-unsaturated/α-hetero) is 1. The fourth-order valence-corrected chi connectivity index (χ4v) is 1.30. The third-order valence-corrected chi connectivity index (χ3v) is 2.17. The third kappa shape index (κ3) is 3.15. The van der Waals surface area contributed by atoms with E-state index in [1.54, 1.807) is 6.08 Å². The van der Waals surface area contributed by atoms with Gasteiger partial charge in [-0.15, -0.1) is 6.58 Å². The standard InChI is InChI=1S/C11H16O2/c1-3-6-13-8-9(2)7-10-4-5-11(10)12/h3,7,10H,1,4-6,8H2,2H3/b9-7+. The zero-order valence-electron chi connectivity index (χ0n) is 8.08. The van der Waals surface area contributed by atoms with Crippen LogP contribution in [0.15, 0.2) is 24.3 Å². The highest BCUT2D eigenvalue weighted by Gasteiger charge is 2.25. The van der Waals surface area contributed by atoms with Gasteiger partial charge in [-0.2, -0.15) is 0 Å². The number of ether oxygens (including phenoxy) is 1. The SMILES string of the molecule is C=CCOC/C(C)=C/C1CCC1=O. The van der Waals surface area contributed by atoms with Crippen molar-refractivity contribution in [3.8, 4) is 0 Å². The Balaban J connectivity index is 2.24. The Labute approximate surface area is 79.3 Å². The van der Waals surface area contributed by atoms with Crippen LogP contribution in [-0.4, -0.2) is 19.0 Å². The highest BCUT2D eigenvalue weighted by atomic mass is 16.5. The van der Waals surface area contributed by atoms with Crippen molar-refractivity contribution in [2.45, 2.75) is 19.8 Å². The first-order valence-corrected chi connectivity index (χ1v) is 4.62. The summed E-state index contributed by atoms with van der Waals surface area (Å²) in [7, 11) is 0. The molecule has 0 radical (unpaired) electrons. The van der Waals surface area contributed by atoms with Crippen LogP contribution in [0.25, 0.3) is 0 Å². The van der Waals surface area contributed by atoms with E-state index in [1.807, 2.05) is 13.0 Å². The minimum atomic E-state index is 0.173. The maximum absolute atomic E-state index is 11.0. The Hall–Kier alpha value is -0.890. The van der Waals surface area contributed by atoms with Gasteiger partial charge in [0, 0.05) is 12.3 Å². The molecule has 1 aliphatic rings. The summed E-state index contributed by atoms with van der Waals surface area (Å²) in [6, 6.07) is 0. The molecule has 1 fully saturated rings. The second kappa shape index (κ2) is 4.97. The molecule has 1 unspecified atom stereocenters. The molecule has 0 aromatic heterocycles. The Morgan fingerprint density at radius 1 is 1.77 bits per heavy atom. The zero-order chi connectivity index (χ0) is 9.68. The highest BCUT2D eigenvalue weighted by Crippen LogP contribution is 2.24. The number of rotatable bonds is 5. The molecule has 0 aliphatic heterocycles. The molecule has 0 aromatic carbocycles. The van der Waals surface area contributed by atoms with E-state index in [1.165, 1.54) is 0 Å². The average Bonchev–Trinajstić information content (AvgIpc) is 2.12. The lowest BCUT2D eigenvalue weighted by molar-refractivity contribution is -0.127. The normalized spacial score (nSPS) is 22.7. The summed E-state index contributed by atoms with van der Waals surface area (Å²) in [6.45, 7) is 6.73.